The Morgan fingerprint density at radius 2 is 1.96 bits per heavy atom. The molecular weight excluding hydrogens is 302 g/mol. The number of amides is 1. The molecule has 1 aromatic rings. The molecule has 2 N–H and O–H groups in total. The molecule has 3 rings (SSSR count). The number of nitrogens with two attached hydrogens (primary N) is 1. The molecule has 0 saturated carbocycles. The molecule has 2 saturated heterocycles. The lowest BCUT2D eigenvalue weighted by molar-refractivity contribution is 0.0260. The first-order chi connectivity index (χ1) is 11.3. The normalized spacial score (nSPS) is 27.3. The molecule has 5 heteroatoms. The van der Waals surface area contributed by atoms with Crippen LogP contribution in [0.25, 0.3) is 0 Å². The van der Waals surface area contributed by atoms with Crippen molar-refractivity contribution in [3.05, 3.63) is 35.9 Å². The zero-order valence-corrected chi connectivity index (χ0v) is 15.0. The fourth-order valence-corrected chi connectivity index (χ4v) is 4.01. The fourth-order valence-electron chi connectivity index (χ4n) is 4.01. The van der Waals surface area contributed by atoms with Crippen LogP contribution < -0.4 is 5.73 Å². The van der Waals surface area contributed by atoms with Gasteiger partial charge in [-0.3, -0.25) is 4.90 Å². The van der Waals surface area contributed by atoms with Gasteiger partial charge in [-0.15, -0.1) is 0 Å². The Labute approximate surface area is 144 Å². The fraction of sp³-hybridized carbons (Fsp3) is 0.632. The number of hydrogen-bond donors (Lipinski definition) is 1. The van der Waals surface area contributed by atoms with Gasteiger partial charge in [-0.05, 0) is 32.3 Å². The summed E-state index contributed by atoms with van der Waals surface area (Å²) in [5.74, 6) is 0.429. The van der Waals surface area contributed by atoms with E-state index in [1.54, 1.807) is 0 Å². The highest BCUT2D eigenvalue weighted by atomic mass is 16.6. The van der Waals surface area contributed by atoms with E-state index >= 15 is 0 Å². The minimum Gasteiger partial charge on any atom is -0.444 e. The largest absolute Gasteiger partial charge is 0.444 e. The Morgan fingerprint density at radius 1 is 1.25 bits per heavy atom. The number of hydrogen-bond acceptors (Lipinski definition) is 4. The number of nitrogens with zero attached hydrogens (tertiary/aromatic N) is 2. The molecular formula is C19H29N3O2. The van der Waals surface area contributed by atoms with Crippen molar-refractivity contribution in [2.24, 2.45) is 17.1 Å². The van der Waals surface area contributed by atoms with Crippen LogP contribution in [0.3, 0.4) is 0 Å². The molecule has 0 radical (unpaired) electrons. The van der Waals surface area contributed by atoms with Crippen LogP contribution in [0.1, 0.15) is 26.3 Å². The highest BCUT2D eigenvalue weighted by Crippen LogP contribution is 2.42. The first-order valence-corrected chi connectivity index (χ1v) is 8.76. The third-order valence-corrected chi connectivity index (χ3v) is 5.14. The maximum Gasteiger partial charge on any atom is 0.410 e. The molecule has 0 unspecified atom stereocenters. The number of likely N-dealkylation sites (tertiary alicyclic amines) is 2. The molecule has 0 bridgehead atoms. The van der Waals surface area contributed by atoms with Gasteiger partial charge < -0.3 is 15.4 Å². The summed E-state index contributed by atoms with van der Waals surface area (Å²) in [6, 6.07) is 10.5. The zero-order chi connectivity index (χ0) is 17.4. The van der Waals surface area contributed by atoms with Crippen LogP contribution in [0.4, 0.5) is 4.79 Å². The first-order valence-electron chi connectivity index (χ1n) is 8.76. The second kappa shape index (κ2) is 6.37. The molecule has 1 aromatic carbocycles. The van der Waals surface area contributed by atoms with Crippen molar-refractivity contribution in [3.63, 3.8) is 0 Å². The maximum atomic E-state index is 12.4. The zero-order valence-electron chi connectivity index (χ0n) is 15.0. The Kier molecular flexibility index (Phi) is 4.58. The summed E-state index contributed by atoms with van der Waals surface area (Å²) >= 11 is 0. The average Bonchev–Trinajstić information content (AvgIpc) is 3.00. The van der Waals surface area contributed by atoms with Crippen molar-refractivity contribution in [2.45, 2.75) is 32.9 Å². The number of carbonyl (C=O) groups is 1. The highest BCUT2D eigenvalue weighted by molar-refractivity contribution is 5.68. The van der Waals surface area contributed by atoms with Gasteiger partial charge in [0, 0.05) is 44.7 Å². The Morgan fingerprint density at radius 3 is 2.54 bits per heavy atom. The van der Waals surface area contributed by atoms with E-state index in [9.17, 15) is 4.79 Å². The van der Waals surface area contributed by atoms with Crippen LogP contribution in [0.5, 0.6) is 0 Å². The summed E-state index contributed by atoms with van der Waals surface area (Å²) in [7, 11) is 0. The first kappa shape index (κ1) is 17.2. The Balaban J connectivity index is 1.63. The lowest BCUT2D eigenvalue weighted by atomic mass is 9.81. The minimum atomic E-state index is -0.454. The molecule has 5 nitrogen and oxygen atoms in total. The van der Waals surface area contributed by atoms with Crippen LogP contribution in [-0.4, -0.2) is 54.2 Å². The summed E-state index contributed by atoms with van der Waals surface area (Å²) in [5, 5.41) is 0. The molecule has 0 aromatic heterocycles. The van der Waals surface area contributed by atoms with Crippen molar-refractivity contribution in [1.29, 1.82) is 0 Å². The summed E-state index contributed by atoms with van der Waals surface area (Å²) in [4.78, 5) is 16.7. The van der Waals surface area contributed by atoms with E-state index in [0.29, 0.717) is 19.0 Å². The summed E-state index contributed by atoms with van der Waals surface area (Å²) < 4.78 is 5.53. The van der Waals surface area contributed by atoms with E-state index in [0.717, 1.165) is 26.2 Å². The van der Waals surface area contributed by atoms with E-state index in [1.807, 2.05) is 31.7 Å². The van der Waals surface area contributed by atoms with Crippen LogP contribution in [0, 0.1) is 11.3 Å². The Hall–Kier alpha value is -1.59. The van der Waals surface area contributed by atoms with Gasteiger partial charge in [0.25, 0.3) is 0 Å². The van der Waals surface area contributed by atoms with Gasteiger partial charge in [0.2, 0.25) is 0 Å². The molecule has 2 fully saturated rings. The predicted molar refractivity (Wildman–Crippen MR) is 94.5 cm³/mol. The van der Waals surface area contributed by atoms with Crippen molar-refractivity contribution in [2.75, 3.05) is 32.7 Å². The molecule has 2 aliphatic heterocycles. The lowest BCUT2D eigenvalue weighted by Crippen LogP contribution is -2.42. The van der Waals surface area contributed by atoms with E-state index < -0.39 is 5.60 Å². The molecule has 2 atom stereocenters. The van der Waals surface area contributed by atoms with Gasteiger partial charge in [-0.25, -0.2) is 4.79 Å². The van der Waals surface area contributed by atoms with Crippen molar-refractivity contribution < 1.29 is 9.53 Å². The van der Waals surface area contributed by atoms with Gasteiger partial charge >= 0.3 is 6.09 Å². The predicted octanol–water partition coefficient (Wildman–Crippen LogP) is 2.31. The standard InChI is InChI=1S/C19H29N3O2/c1-18(2,3)24-17(23)22-11-16-10-21(13-19(16,12-20)14-22)9-15-7-5-4-6-8-15/h4-8,16H,9-14,20H2,1-3H3/t16-,19+/m0/s1. The van der Waals surface area contributed by atoms with Gasteiger partial charge in [-0.1, -0.05) is 30.3 Å². The molecule has 2 heterocycles. The molecule has 0 aliphatic carbocycles. The topological polar surface area (TPSA) is 58.8 Å². The SMILES string of the molecule is CC(C)(C)OC(=O)N1C[C@@H]2CN(Cc3ccccc3)C[C@]2(CN)C1. The number of ether oxygens (including phenoxy) is 1. The molecule has 24 heavy (non-hydrogen) atoms. The number of fused-ring (bicyclic) bond motifs is 1. The van der Waals surface area contributed by atoms with E-state index in [4.69, 9.17) is 10.5 Å². The molecule has 132 valence electrons. The monoisotopic (exact) mass is 331 g/mol. The van der Waals surface area contributed by atoms with Crippen molar-refractivity contribution >= 4 is 6.09 Å². The van der Waals surface area contributed by atoms with Gasteiger partial charge in [0.15, 0.2) is 0 Å². The van der Waals surface area contributed by atoms with Gasteiger partial charge in [0.1, 0.15) is 5.60 Å². The lowest BCUT2D eigenvalue weighted by Gasteiger charge is -2.29. The van der Waals surface area contributed by atoms with Crippen LogP contribution in [-0.2, 0) is 11.3 Å². The van der Waals surface area contributed by atoms with Crippen LogP contribution >= 0.6 is 0 Å². The summed E-state index contributed by atoms with van der Waals surface area (Å²) in [6.07, 6.45) is -0.209. The van der Waals surface area contributed by atoms with Crippen LogP contribution in [0.15, 0.2) is 30.3 Å². The number of carbonyl (C=O) groups excluding carboxylic acids is 1. The van der Waals surface area contributed by atoms with E-state index in [1.165, 1.54) is 5.56 Å². The Bertz CT molecular complexity index is 584. The van der Waals surface area contributed by atoms with Crippen LogP contribution in [0.2, 0.25) is 0 Å². The quantitative estimate of drug-likeness (QED) is 0.923. The molecule has 0 spiro atoms. The number of benzene rings is 1. The third-order valence-electron chi connectivity index (χ3n) is 5.14. The second-order valence-electron chi connectivity index (χ2n) is 8.28. The summed E-state index contributed by atoms with van der Waals surface area (Å²) in [6.45, 7) is 10.7. The third kappa shape index (κ3) is 3.57. The minimum absolute atomic E-state index is 0.00564. The highest BCUT2D eigenvalue weighted by Gasteiger charge is 2.53. The maximum absolute atomic E-state index is 12.4. The molecule has 1 amide bonds. The van der Waals surface area contributed by atoms with Gasteiger partial charge in [-0.2, -0.15) is 0 Å². The van der Waals surface area contributed by atoms with Crippen molar-refractivity contribution in [3.8, 4) is 0 Å². The second-order valence-corrected chi connectivity index (χ2v) is 8.28. The van der Waals surface area contributed by atoms with Gasteiger partial charge in [0.05, 0.1) is 0 Å². The van der Waals surface area contributed by atoms with E-state index in [-0.39, 0.29) is 11.5 Å². The molecule has 2 aliphatic rings. The van der Waals surface area contributed by atoms with E-state index in [2.05, 4.69) is 29.2 Å². The smallest absolute Gasteiger partial charge is 0.410 e. The summed E-state index contributed by atoms with van der Waals surface area (Å²) in [5.41, 5.74) is 7.03. The number of rotatable bonds is 3. The average molecular weight is 331 g/mol. The van der Waals surface area contributed by atoms with Crippen molar-refractivity contribution in [1.82, 2.24) is 9.80 Å².